The lowest BCUT2D eigenvalue weighted by Gasteiger charge is -2.33. The summed E-state index contributed by atoms with van der Waals surface area (Å²) in [6, 6.07) is 14.2. The molecule has 8 heteroatoms. The van der Waals surface area contributed by atoms with Gasteiger partial charge in [0, 0.05) is 13.1 Å². The number of sulfonamides is 1. The number of anilines is 1. The molecule has 0 aliphatic heterocycles. The molecule has 2 amide bonds. The third kappa shape index (κ3) is 7.06. The number of benzene rings is 2. The molecule has 0 saturated carbocycles. The highest BCUT2D eigenvalue weighted by molar-refractivity contribution is 7.92. The van der Waals surface area contributed by atoms with E-state index in [2.05, 4.69) is 5.32 Å². The Bertz CT molecular complexity index is 1100. The molecule has 0 saturated heterocycles. The van der Waals surface area contributed by atoms with Gasteiger partial charge in [0.15, 0.2) is 0 Å². The Hall–Kier alpha value is -2.87. The first-order valence-electron chi connectivity index (χ1n) is 11.7. The van der Waals surface area contributed by atoms with Crippen LogP contribution in [0.5, 0.6) is 0 Å². The Morgan fingerprint density at radius 3 is 2.26 bits per heavy atom. The fourth-order valence-electron chi connectivity index (χ4n) is 4.02. The van der Waals surface area contributed by atoms with Crippen molar-refractivity contribution >= 4 is 27.5 Å². The zero-order valence-electron chi connectivity index (χ0n) is 21.0. The number of aryl methyl sites for hydroxylation is 1. The quantitative estimate of drug-likeness (QED) is 0.522. The first kappa shape index (κ1) is 27.4. The minimum absolute atomic E-state index is 0.0673. The first-order valence-corrected chi connectivity index (χ1v) is 13.5. The molecule has 0 bridgehead atoms. The summed E-state index contributed by atoms with van der Waals surface area (Å²) in [5, 5.41) is 2.80. The maximum atomic E-state index is 13.7. The van der Waals surface area contributed by atoms with Crippen molar-refractivity contribution in [3.63, 3.8) is 0 Å². The van der Waals surface area contributed by atoms with Crippen LogP contribution in [0.15, 0.2) is 48.5 Å². The average molecular weight is 488 g/mol. The number of nitrogens with one attached hydrogen (secondary N) is 1. The number of para-hydroxylation sites is 1. The zero-order chi connectivity index (χ0) is 25.5. The molecule has 2 rings (SSSR count). The maximum absolute atomic E-state index is 13.7. The summed E-state index contributed by atoms with van der Waals surface area (Å²) in [7, 11) is -3.76. The number of rotatable bonds is 11. The molecule has 0 heterocycles. The monoisotopic (exact) mass is 487 g/mol. The molecule has 0 aliphatic carbocycles. The van der Waals surface area contributed by atoms with Crippen molar-refractivity contribution < 1.29 is 18.0 Å². The van der Waals surface area contributed by atoms with Gasteiger partial charge < -0.3 is 10.2 Å². The van der Waals surface area contributed by atoms with Gasteiger partial charge in [-0.05, 0) is 43.4 Å². The van der Waals surface area contributed by atoms with Crippen LogP contribution in [0.2, 0.25) is 0 Å². The van der Waals surface area contributed by atoms with Crippen LogP contribution in [-0.2, 0) is 26.2 Å². The second kappa shape index (κ2) is 12.0. The largest absolute Gasteiger partial charge is 0.355 e. The van der Waals surface area contributed by atoms with Gasteiger partial charge in [-0.15, -0.1) is 0 Å². The van der Waals surface area contributed by atoms with Crippen LogP contribution >= 0.6 is 0 Å². The second-order valence-electron chi connectivity index (χ2n) is 8.81. The molecule has 1 N–H and O–H groups in total. The number of carbonyl (C=O) groups is 2. The van der Waals surface area contributed by atoms with E-state index in [0.29, 0.717) is 18.7 Å². The molecular weight excluding hydrogens is 450 g/mol. The van der Waals surface area contributed by atoms with E-state index in [1.165, 1.54) is 4.90 Å². The predicted molar refractivity (Wildman–Crippen MR) is 137 cm³/mol. The molecule has 2 aromatic carbocycles. The highest BCUT2D eigenvalue weighted by Crippen LogP contribution is 2.29. The van der Waals surface area contributed by atoms with Gasteiger partial charge >= 0.3 is 0 Å². The minimum Gasteiger partial charge on any atom is -0.355 e. The van der Waals surface area contributed by atoms with Crippen LogP contribution in [0.1, 0.15) is 56.7 Å². The number of carbonyl (C=O) groups excluding carboxylic acids is 2. The van der Waals surface area contributed by atoms with Crippen LogP contribution in [0.4, 0.5) is 5.69 Å². The summed E-state index contributed by atoms with van der Waals surface area (Å²) in [5.74, 6) is -0.610. The predicted octanol–water partition coefficient (Wildman–Crippen LogP) is 3.83. The molecule has 0 aliphatic rings. The van der Waals surface area contributed by atoms with Gasteiger partial charge in [-0.2, -0.15) is 0 Å². The topological polar surface area (TPSA) is 86.8 Å². The lowest BCUT2D eigenvalue weighted by atomic mass is 10.0. The normalized spacial score (nSPS) is 12.3. The van der Waals surface area contributed by atoms with Crippen LogP contribution in [0.3, 0.4) is 0 Å². The Labute approximate surface area is 204 Å². The number of hydrogen-bond donors (Lipinski definition) is 1. The standard InChI is InChI=1S/C26H37N3O4S/c1-7-23(26(31)27-8-2)28(17-21-13-11-12-20(5)16-21)25(30)18-29(34(6,32)33)24-15-10-9-14-22(24)19(3)4/h9-16,19,23H,7-8,17-18H2,1-6H3,(H,27,31). The smallest absolute Gasteiger partial charge is 0.244 e. The van der Waals surface area contributed by atoms with E-state index in [1.54, 1.807) is 12.1 Å². The number of hydrogen-bond acceptors (Lipinski definition) is 4. The van der Waals surface area contributed by atoms with Gasteiger partial charge in [-0.1, -0.05) is 68.8 Å². The lowest BCUT2D eigenvalue weighted by Crippen LogP contribution is -2.52. The van der Waals surface area contributed by atoms with Crippen molar-refractivity contribution in [1.29, 1.82) is 0 Å². The summed E-state index contributed by atoms with van der Waals surface area (Å²) in [6.45, 7) is 9.86. The van der Waals surface area contributed by atoms with Crippen LogP contribution in [0.25, 0.3) is 0 Å². The fourth-order valence-corrected chi connectivity index (χ4v) is 4.88. The van der Waals surface area contributed by atoms with Gasteiger partial charge in [0.05, 0.1) is 11.9 Å². The zero-order valence-corrected chi connectivity index (χ0v) is 21.9. The Balaban J connectivity index is 2.50. The second-order valence-corrected chi connectivity index (χ2v) is 10.7. The minimum atomic E-state index is -3.76. The summed E-state index contributed by atoms with van der Waals surface area (Å²) in [6.07, 6.45) is 1.51. The molecule has 0 aromatic heterocycles. The highest BCUT2D eigenvalue weighted by atomic mass is 32.2. The average Bonchev–Trinajstić information content (AvgIpc) is 2.76. The van der Waals surface area contributed by atoms with Crippen LogP contribution in [-0.4, -0.2) is 50.5 Å². The number of amides is 2. The summed E-state index contributed by atoms with van der Waals surface area (Å²) >= 11 is 0. The van der Waals surface area contributed by atoms with E-state index in [0.717, 1.165) is 27.3 Å². The SMILES string of the molecule is CCNC(=O)C(CC)N(Cc1cccc(C)c1)C(=O)CN(c1ccccc1C(C)C)S(C)(=O)=O. The van der Waals surface area contributed by atoms with Gasteiger partial charge in [0.2, 0.25) is 21.8 Å². The van der Waals surface area contributed by atoms with Crippen molar-refractivity contribution in [1.82, 2.24) is 10.2 Å². The van der Waals surface area contributed by atoms with E-state index >= 15 is 0 Å². The third-order valence-electron chi connectivity index (χ3n) is 5.68. The van der Waals surface area contributed by atoms with Gasteiger partial charge in [-0.3, -0.25) is 13.9 Å². The fraction of sp³-hybridized carbons (Fsp3) is 0.462. The van der Waals surface area contributed by atoms with Crippen molar-refractivity contribution in [2.75, 3.05) is 23.7 Å². The van der Waals surface area contributed by atoms with E-state index in [1.807, 2.05) is 71.0 Å². The maximum Gasteiger partial charge on any atom is 0.244 e. The molecule has 0 radical (unpaired) electrons. The van der Waals surface area contributed by atoms with Crippen molar-refractivity contribution in [2.45, 2.75) is 59.5 Å². The van der Waals surface area contributed by atoms with Gasteiger partial charge in [0.25, 0.3) is 0 Å². The Morgan fingerprint density at radius 1 is 1.03 bits per heavy atom. The van der Waals surface area contributed by atoms with Crippen molar-refractivity contribution in [3.8, 4) is 0 Å². The molecule has 1 unspecified atom stereocenters. The van der Waals surface area contributed by atoms with E-state index in [-0.39, 0.29) is 24.9 Å². The van der Waals surface area contributed by atoms with E-state index in [9.17, 15) is 18.0 Å². The molecule has 186 valence electrons. The lowest BCUT2D eigenvalue weighted by molar-refractivity contribution is -0.140. The molecular formula is C26H37N3O4S. The van der Waals surface area contributed by atoms with E-state index in [4.69, 9.17) is 0 Å². The molecule has 0 spiro atoms. The molecule has 7 nitrogen and oxygen atoms in total. The Morgan fingerprint density at radius 2 is 1.71 bits per heavy atom. The summed E-state index contributed by atoms with van der Waals surface area (Å²) in [4.78, 5) is 28.0. The first-order chi connectivity index (χ1) is 16.0. The molecule has 1 atom stereocenters. The van der Waals surface area contributed by atoms with Crippen LogP contribution < -0.4 is 9.62 Å². The summed E-state index contributed by atoms with van der Waals surface area (Å²) in [5.41, 5.74) is 3.24. The van der Waals surface area contributed by atoms with Crippen molar-refractivity contribution in [3.05, 3.63) is 65.2 Å². The number of nitrogens with zero attached hydrogens (tertiary/aromatic N) is 2. The summed E-state index contributed by atoms with van der Waals surface area (Å²) < 4.78 is 26.8. The van der Waals surface area contributed by atoms with E-state index < -0.39 is 22.0 Å². The third-order valence-corrected chi connectivity index (χ3v) is 6.81. The van der Waals surface area contributed by atoms with Gasteiger partial charge in [0.1, 0.15) is 12.6 Å². The Kier molecular flexibility index (Phi) is 9.67. The van der Waals surface area contributed by atoms with Crippen LogP contribution in [0, 0.1) is 6.92 Å². The number of likely N-dealkylation sites (N-methyl/N-ethyl adjacent to an activating group) is 1. The molecule has 2 aromatic rings. The molecule has 34 heavy (non-hydrogen) atoms. The highest BCUT2D eigenvalue weighted by Gasteiger charge is 2.32. The van der Waals surface area contributed by atoms with Crippen molar-refractivity contribution in [2.24, 2.45) is 0 Å². The van der Waals surface area contributed by atoms with Gasteiger partial charge in [-0.25, -0.2) is 8.42 Å². The molecule has 0 fully saturated rings.